The van der Waals surface area contributed by atoms with Crippen molar-refractivity contribution in [3.63, 3.8) is 0 Å². The lowest BCUT2D eigenvalue weighted by Crippen LogP contribution is -2.06. The average molecular weight is 318 g/mol. The fourth-order valence-corrected chi connectivity index (χ4v) is 2.06. The minimum absolute atomic E-state index is 0.122. The lowest BCUT2D eigenvalue weighted by Gasteiger charge is -2.09. The highest BCUT2D eigenvalue weighted by molar-refractivity contribution is 6.03. The lowest BCUT2D eigenvalue weighted by atomic mass is 10.0. The van der Waals surface area contributed by atoms with E-state index in [0.29, 0.717) is 6.42 Å². The van der Waals surface area contributed by atoms with Gasteiger partial charge in [-0.15, -0.1) is 0 Å². The third-order valence-corrected chi connectivity index (χ3v) is 3.10. The van der Waals surface area contributed by atoms with Crippen LogP contribution in [0.5, 0.6) is 0 Å². The number of oxime groups is 1. The molecule has 1 aromatic carbocycles. The molecule has 119 valence electrons. The van der Waals surface area contributed by atoms with Crippen LogP contribution in [0, 0.1) is 6.08 Å². The maximum Gasteiger partial charge on any atom is 0.416 e. The Labute approximate surface area is 133 Å². The number of allylic oxidation sites excluding steroid dienone is 7. The summed E-state index contributed by atoms with van der Waals surface area (Å²) in [4.78, 5) is 4.76. The molecule has 1 radical (unpaired) electrons. The maximum absolute atomic E-state index is 12.9. The average Bonchev–Trinajstić information content (AvgIpc) is 2.53. The van der Waals surface area contributed by atoms with Crippen LogP contribution in [0.3, 0.4) is 0 Å². The number of alkyl halides is 3. The molecular weight excluding hydrogens is 303 g/mol. The first-order valence-corrected chi connectivity index (χ1v) is 6.92. The first-order valence-electron chi connectivity index (χ1n) is 6.92. The third kappa shape index (κ3) is 4.71. The molecule has 0 bridgehead atoms. The molecule has 0 fully saturated rings. The van der Waals surface area contributed by atoms with Gasteiger partial charge in [0.2, 0.25) is 0 Å². The van der Waals surface area contributed by atoms with Gasteiger partial charge < -0.3 is 4.84 Å². The summed E-state index contributed by atoms with van der Waals surface area (Å²) in [5.74, 6) is 0. The van der Waals surface area contributed by atoms with Crippen molar-refractivity contribution in [2.45, 2.75) is 12.6 Å². The van der Waals surface area contributed by atoms with Crippen molar-refractivity contribution in [2.75, 3.05) is 7.11 Å². The van der Waals surface area contributed by atoms with Gasteiger partial charge in [0.15, 0.2) is 0 Å². The molecule has 5 heteroatoms. The summed E-state index contributed by atoms with van der Waals surface area (Å²) in [7, 11) is 1.46. The van der Waals surface area contributed by atoms with Crippen LogP contribution in [0.4, 0.5) is 13.2 Å². The van der Waals surface area contributed by atoms with Gasteiger partial charge in [-0.3, -0.25) is 0 Å². The molecule has 0 spiro atoms. The Morgan fingerprint density at radius 2 is 1.91 bits per heavy atom. The van der Waals surface area contributed by atoms with E-state index in [0.717, 1.165) is 17.4 Å². The molecule has 0 heterocycles. The first kappa shape index (κ1) is 16.8. The van der Waals surface area contributed by atoms with Crippen molar-refractivity contribution in [1.82, 2.24) is 0 Å². The van der Waals surface area contributed by atoms with E-state index >= 15 is 0 Å². The summed E-state index contributed by atoms with van der Waals surface area (Å²) in [6.07, 6.45) is 9.30. The quantitative estimate of drug-likeness (QED) is 0.567. The van der Waals surface area contributed by atoms with E-state index < -0.39 is 11.7 Å². The van der Waals surface area contributed by atoms with Gasteiger partial charge in [0, 0.05) is 12.0 Å². The van der Waals surface area contributed by atoms with Gasteiger partial charge in [-0.05, 0) is 17.7 Å². The molecule has 0 atom stereocenters. The Balaban J connectivity index is 2.15. The van der Waals surface area contributed by atoms with Gasteiger partial charge in [-0.1, -0.05) is 59.8 Å². The minimum atomic E-state index is -4.37. The van der Waals surface area contributed by atoms with E-state index in [2.05, 4.69) is 11.2 Å². The minimum Gasteiger partial charge on any atom is -0.399 e. The van der Waals surface area contributed by atoms with Crippen LogP contribution in [-0.2, 0) is 11.0 Å². The first-order chi connectivity index (χ1) is 11.0. The predicted molar refractivity (Wildman–Crippen MR) is 84.6 cm³/mol. The van der Waals surface area contributed by atoms with Crippen LogP contribution >= 0.6 is 0 Å². The summed E-state index contributed by atoms with van der Waals surface area (Å²) >= 11 is 0. The van der Waals surface area contributed by atoms with Crippen LogP contribution < -0.4 is 0 Å². The molecular formula is C18H15F3NO. The van der Waals surface area contributed by atoms with E-state index in [9.17, 15) is 13.2 Å². The Bertz CT molecular complexity index is 694. The zero-order chi connectivity index (χ0) is 16.7. The summed E-state index contributed by atoms with van der Waals surface area (Å²) in [5.41, 5.74) is 0.924. The molecule has 0 amide bonds. The highest BCUT2D eigenvalue weighted by atomic mass is 19.4. The topological polar surface area (TPSA) is 21.6 Å². The number of hydrogen-bond acceptors (Lipinski definition) is 2. The van der Waals surface area contributed by atoms with Gasteiger partial charge in [-0.2, -0.15) is 13.2 Å². The van der Waals surface area contributed by atoms with Gasteiger partial charge in [0.25, 0.3) is 0 Å². The van der Waals surface area contributed by atoms with Crippen molar-refractivity contribution in [2.24, 2.45) is 5.16 Å². The van der Waals surface area contributed by atoms with Crippen LogP contribution in [0.15, 0.2) is 65.4 Å². The lowest BCUT2D eigenvalue weighted by molar-refractivity contribution is -0.137. The fraction of sp³-hybridized carbons (Fsp3) is 0.167. The van der Waals surface area contributed by atoms with Gasteiger partial charge in [0.1, 0.15) is 7.11 Å². The van der Waals surface area contributed by atoms with Crippen molar-refractivity contribution in [3.8, 4) is 0 Å². The van der Waals surface area contributed by atoms with Crippen LogP contribution in [0.2, 0.25) is 0 Å². The zero-order valence-corrected chi connectivity index (χ0v) is 12.5. The van der Waals surface area contributed by atoms with Gasteiger partial charge >= 0.3 is 6.18 Å². The van der Waals surface area contributed by atoms with E-state index in [-0.39, 0.29) is 5.56 Å². The fourth-order valence-electron chi connectivity index (χ4n) is 2.06. The van der Waals surface area contributed by atoms with Crippen molar-refractivity contribution >= 4 is 11.8 Å². The highest BCUT2D eigenvalue weighted by Crippen LogP contribution is 2.32. The normalized spacial score (nSPS) is 17.2. The Kier molecular flexibility index (Phi) is 5.57. The predicted octanol–water partition coefficient (Wildman–Crippen LogP) is 4.97. The molecule has 0 aromatic heterocycles. The second-order valence-electron chi connectivity index (χ2n) is 4.69. The van der Waals surface area contributed by atoms with Crippen molar-refractivity contribution in [3.05, 3.63) is 77.4 Å². The van der Waals surface area contributed by atoms with E-state index in [4.69, 9.17) is 4.84 Å². The molecule has 1 aromatic rings. The number of halogens is 3. The number of hydrogen-bond donors (Lipinski definition) is 0. The van der Waals surface area contributed by atoms with Crippen LogP contribution in [-0.4, -0.2) is 12.8 Å². The molecule has 0 N–H and O–H groups in total. The smallest absolute Gasteiger partial charge is 0.399 e. The molecule has 0 saturated heterocycles. The molecule has 0 saturated carbocycles. The SMILES string of the molecule is CO/N=C1\CC=C[C]=C1/C=C/C=Cc1ccccc1C(F)(F)F. The zero-order valence-electron chi connectivity index (χ0n) is 12.5. The van der Waals surface area contributed by atoms with Crippen LogP contribution in [0.25, 0.3) is 6.08 Å². The van der Waals surface area contributed by atoms with Crippen molar-refractivity contribution < 1.29 is 18.0 Å². The standard InChI is InChI=1S/C18H15F3NO/c1-23-22-17-13-7-5-11-15(17)10-3-2-8-14-9-4-6-12-16(14)18(19,20)21/h2-10,12H,13H2,1H3/b8-2?,10-3+,22-17+. The highest BCUT2D eigenvalue weighted by Gasteiger charge is 2.32. The third-order valence-electron chi connectivity index (χ3n) is 3.10. The molecule has 23 heavy (non-hydrogen) atoms. The molecule has 2 rings (SSSR count). The number of benzene rings is 1. The number of rotatable bonds is 4. The van der Waals surface area contributed by atoms with Gasteiger partial charge in [-0.25, -0.2) is 0 Å². The summed E-state index contributed by atoms with van der Waals surface area (Å²) in [5, 5.41) is 3.89. The monoisotopic (exact) mass is 318 g/mol. The Morgan fingerprint density at radius 3 is 2.65 bits per heavy atom. The van der Waals surface area contributed by atoms with E-state index in [1.807, 2.05) is 6.08 Å². The molecule has 0 unspecified atom stereocenters. The van der Waals surface area contributed by atoms with E-state index in [1.54, 1.807) is 30.4 Å². The summed E-state index contributed by atoms with van der Waals surface area (Å²) < 4.78 is 38.6. The molecule has 0 aliphatic heterocycles. The second kappa shape index (κ2) is 7.63. The maximum atomic E-state index is 12.9. The van der Waals surface area contributed by atoms with Gasteiger partial charge in [0.05, 0.1) is 11.3 Å². The van der Waals surface area contributed by atoms with Crippen molar-refractivity contribution in [1.29, 1.82) is 0 Å². The summed E-state index contributed by atoms with van der Waals surface area (Å²) in [6, 6.07) is 5.44. The molecule has 2 nitrogen and oxygen atoms in total. The summed E-state index contributed by atoms with van der Waals surface area (Å²) in [6.45, 7) is 0. The molecule has 1 aliphatic carbocycles. The molecule has 1 aliphatic rings. The second-order valence-corrected chi connectivity index (χ2v) is 4.69. The Hall–Kier alpha value is -2.56. The Morgan fingerprint density at radius 1 is 1.17 bits per heavy atom. The van der Waals surface area contributed by atoms with Crippen LogP contribution in [0.1, 0.15) is 17.5 Å². The van der Waals surface area contributed by atoms with E-state index in [1.165, 1.54) is 25.3 Å². The number of nitrogens with zero attached hydrogens (tertiary/aromatic N) is 1. The largest absolute Gasteiger partial charge is 0.416 e.